The highest BCUT2D eigenvalue weighted by molar-refractivity contribution is 7.18. The Hall–Kier alpha value is -1.98. The average molecular weight is 313 g/mol. The fraction of sp³-hybridized carbons (Fsp3) is 0.294. The molecule has 5 heteroatoms. The summed E-state index contributed by atoms with van der Waals surface area (Å²) < 4.78 is 5.60. The maximum absolute atomic E-state index is 5.60. The summed E-state index contributed by atoms with van der Waals surface area (Å²) in [5, 5.41) is 4.50. The largest absolute Gasteiger partial charge is 0.375 e. The van der Waals surface area contributed by atoms with Gasteiger partial charge in [0.05, 0.1) is 11.5 Å². The van der Waals surface area contributed by atoms with E-state index in [1.165, 1.54) is 4.88 Å². The second-order valence-electron chi connectivity index (χ2n) is 5.21. The summed E-state index contributed by atoms with van der Waals surface area (Å²) in [6, 6.07) is 12.3. The van der Waals surface area contributed by atoms with Crippen LogP contribution in [0.1, 0.15) is 22.4 Å². The maximum atomic E-state index is 5.60. The molecule has 1 atom stereocenters. The summed E-state index contributed by atoms with van der Waals surface area (Å²) in [6.07, 6.45) is -0.00810. The van der Waals surface area contributed by atoms with Gasteiger partial charge in [-0.3, -0.25) is 0 Å². The van der Waals surface area contributed by atoms with Crippen molar-refractivity contribution in [3.63, 3.8) is 0 Å². The topological polar surface area (TPSA) is 47.0 Å². The number of nitrogens with one attached hydrogen (secondary N) is 1. The Labute approximate surface area is 134 Å². The molecule has 3 aromatic rings. The SMILES string of the molecule is COC(CNc1nc(C)nc2sc(C)cc12)c1ccccc1. The van der Waals surface area contributed by atoms with E-state index < -0.39 is 0 Å². The highest BCUT2D eigenvalue weighted by Gasteiger charge is 2.13. The van der Waals surface area contributed by atoms with Gasteiger partial charge in [0.2, 0.25) is 0 Å². The van der Waals surface area contributed by atoms with E-state index in [0.717, 1.165) is 27.4 Å². The molecule has 0 fully saturated rings. The zero-order chi connectivity index (χ0) is 15.5. The van der Waals surface area contributed by atoms with Crippen molar-refractivity contribution < 1.29 is 4.74 Å². The van der Waals surface area contributed by atoms with Crippen molar-refractivity contribution in [2.24, 2.45) is 0 Å². The number of fused-ring (bicyclic) bond motifs is 1. The van der Waals surface area contributed by atoms with Crippen LogP contribution < -0.4 is 5.32 Å². The minimum Gasteiger partial charge on any atom is -0.375 e. The van der Waals surface area contributed by atoms with Crippen LogP contribution in [0.2, 0.25) is 0 Å². The minimum absolute atomic E-state index is 0.00810. The van der Waals surface area contributed by atoms with E-state index >= 15 is 0 Å². The van der Waals surface area contributed by atoms with Gasteiger partial charge >= 0.3 is 0 Å². The summed E-state index contributed by atoms with van der Waals surface area (Å²) in [5.74, 6) is 1.66. The van der Waals surface area contributed by atoms with Gasteiger partial charge < -0.3 is 10.1 Å². The molecular weight excluding hydrogens is 294 g/mol. The number of anilines is 1. The van der Waals surface area contributed by atoms with Gasteiger partial charge in [0, 0.05) is 18.5 Å². The number of aromatic nitrogens is 2. The van der Waals surface area contributed by atoms with Gasteiger partial charge in [-0.1, -0.05) is 30.3 Å². The molecule has 0 saturated carbocycles. The summed E-state index contributed by atoms with van der Waals surface area (Å²) in [5.41, 5.74) is 1.15. The molecule has 2 heterocycles. The monoisotopic (exact) mass is 313 g/mol. The molecule has 0 aliphatic heterocycles. The molecular formula is C17H19N3OS. The van der Waals surface area contributed by atoms with E-state index in [0.29, 0.717) is 6.54 Å². The predicted octanol–water partition coefficient (Wildman–Crippen LogP) is 4.11. The molecule has 0 saturated heterocycles. The third-order valence-corrected chi connectivity index (χ3v) is 4.48. The number of hydrogen-bond donors (Lipinski definition) is 1. The lowest BCUT2D eigenvalue weighted by molar-refractivity contribution is 0.114. The number of rotatable bonds is 5. The molecule has 0 radical (unpaired) electrons. The average Bonchev–Trinajstić information content (AvgIpc) is 2.89. The van der Waals surface area contributed by atoms with Crippen molar-refractivity contribution in [1.82, 2.24) is 9.97 Å². The molecule has 22 heavy (non-hydrogen) atoms. The Morgan fingerprint density at radius 3 is 2.68 bits per heavy atom. The number of aryl methyl sites for hydroxylation is 2. The first kappa shape index (κ1) is 14.9. The molecule has 3 rings (SSSR count). The Kier molecular flexibility index (Phi) is 4.36. The van der Waals surface area contributed by atoms with E-state index in [4.69, 9.17) is 4.74 Å². The molecule has 2 aromatic heterocycles. The van der Waals surface area contributed by atoms with Crippen LogP contribution in [-0.2, 0) is 4.74 Å². The summed E-state index contributed by atoms with van der Waals surface area (Å²) >= 11 is 1.69. The fourth-order valence-corrected chi connectivity index (χ4v) is 3.40. The van der Waals surface area contributed by atoms with Crippen LogP contribution >= 0.6 is 11.3 Å². The summed E-state index contributed by atoms with van der Waals surface area (Å²) in [6.45, 7) is 4.68. The lowest BCUT2D eigenvalue weighted by Gasteiger charge is -2.17. The van der Waals surface area contributed by atoms with Crippen molar-refractivity contribution >= 4 is 27.4 Å². The molecule has 0 spiro atoms. The van der Waals surface area contributed by atoms with Crippen LogP contribution in [-0.4, -0.2) is 23.6 Å². The Morgan fingerprint density at radius 2 is 1.95 bits per heavy atom. The van der Waals surface area contributed by atoms with Gasteiger partial charge in [0.15, 0.2) is 0 Å². The zero-order valence-electron chi connectivity index (χ0n) is 13.0. The molecule has 1 N–H and O–H groups in total. The highest BCUT2D eigenvalue weighted by atomic mass is 32.1. The first-order valence-corrected chi connectivity index (χ1v) is 8.05. The summed E-state index contributed by atoms with van der Waals surface area (Å²) in [7, 11) is 1.73. The fourth-order valence-electron chi connectivity index (χ4n) is 2.48. The van der Waals surface area contributed by atoms with Crippen LogP contribution in [0, 0.1) is 13.8 Å². The lowest BCUT2D eigenvalue weighted by atomic mass is 10.1. The van der Waals surface area contributed by atoms with E-state index in [2.05, 4.69) is 40.4 Å². The van der Waals surface area contributed by atoms with Crippen molar-refractivity contribution in [2.75, 3.05) is 19.0 Å². The van der Waals surface area contributed by atoms with Crippen molar-refractivity contribution in [3.8, 4) is 0 Å². The second kappa shape index (κ2) is 6.42. The first-order valence-electron chi connectivity index (χ1n) is 7.24. The van der Waals surface area contributed by atoms with E-state index in [9.17, 15) is 0 Å². The van der Waals surface area contributed by atoms with E-state index in [1.807, 2.05) is 25.1 Å². The van der Waals surface area contributed by atoms with Crippen LogP contribution in [0.4, 0.5) is 5.82 Å². The third-order valence-electron chi connectivity index (χ3n) is 3.54. The minimum atomic E-state index is -0.00810. The standard InChI is InChI=1S/C17H19N3OS/c1-11-9-14-16(19-12(2)20-17(14)22-11)18-10-15(21-3)13-7-5-4-6-8-13/h4-9,15H,10H2,1-3H3,(H,18,19,20). The smallest absolute Gasteiger partial charge is 0.138 e. The first-order chi connectivity index (χ1) is 10.7. The van der Waals surface area contributed by atoms with Crippen molar-refractivity contribution in [3.05, 3.63) is 52.7 Å². The van der Waals surface area contributed by atoms with Gasteiger partial charge in [-0.05, 0) is 25.5 Å². The Bertz CT molecular complexity index is 770. The Balaban J connectivity index is 1.84. The molecule has 4 nitrogen and oxygen atoms in total. The molecule has 0 bridgehead atoms. The number of thiophene rings is 1. The quantitative estimate of drug-likeness (QED) is 0.770. The molecule has 1 aromatic carbocycles. The van der Waals surface area contributed by atoms with Crippen LogP contribution in [0.3, 0.4) is 0 Å². The highest BCUT2D eigenvalue weighted by Crippen LogP contribution is 2.29. The number of benzene rings is 1. The van der Waals surface area contributed by atoms with E-state index in [1.54, 1.807) is 18.4 Å². The van der Waals surface area contributed by atoms with E-state index in [-0.39, 0.29) is 6.10 Å². The van der Waals surface area contributed by atoms with Crippen LogP contribution in [0.15, 0.2) is 36.4 Å². The van der Waals surface area contributed by atoms with Gasteiger partial charge in [0.25, 0.3) is 0 Å². The molecule has 1 unspecified atom stereocenters. The van der Waals surface area contributed by atoms with Gasteiger partial charge in [-0.2, -0.15) is 0 Å². The number of ether oxygens (including phenoxy) is 1. The normalized spacial score (nSPS) is 12.5. The molecule has 0 aliphatic carbocycles. The van der Waals surface area contributed by atoms with Gasteiger partial charge in [-0.15, -0.1) is 11.3 Å². The van der Waals surface area contributed by atoms with Crippen LogP contribution in [0.5, 0.6) is 0 Å². The lowest BCUT2D eigenvalue weighted by Crippen LogP contribution is -2.15. The molecule has 0 aliphatic rings. The zero-order valence-corrected chi connectivity index (χ0v) is 13.8. The summed E-state index contributed by atoms with van der Waals surface area (Å²) in [4.78, 5) is 11.3. The predicted molar refractivity (Wildman–Crippen MR) is 91.6 cm³/mol. The molecule has 0 amide bonds. The number of nitrogens with zero attached hydrogens (tertiary/aromatic N) is 2. The maximum Gasteiger partial charge on any atom is 0.138 e. The molecule has 114 valence electrons. The van der Waals surface area contributed by atoms with Crippen LogP contribution in [0.25, 0.3) is 10.2 Å². The number of methoxy groups -OCH3 is 1. The number of hydrogen-bond acceptors (Lipinski definition) is 5. The second-order valence-corrected chi connectivity index (χ2v) is 6.45. The Morgan fingerprint density at radius 1 is 1.18 bits per heavy atom. The third kappa shape index (κ3) is 3.10. The van der Waals surface area contributed by atoms with Gasteiger partial charge in [-0.25, -0.2) is 9.97 Å². The van der Waals surface area contributed by atoms with Gasteiger partial charge in [0.1, 0.15) is 16.5 Å². The van der Waals surface area contributed by atoms with Crippen molar-refractivity contribution in [1.29, 1.82) is 0 Å². The van der Waals surface area contributed by atoms with Crippen molar-refractivity contribution in [2.45, 2.75) is 20.0 Å².